The van der Waals surface area contributed by atoms with Crippen LogP contribution in [-0.2, 0) is 4.74 Å². The molecule has 1 aliphatic heterocycles. The highest BCUT2D eigenvalue weighted by Crippen LogP contribution is 2.30. The van der Waals surface area contributed by atoms with E-state index in [4.69, 9.17) is 4.74 Å². The molecule has 0 bridgehead atoms. The van der Waals surface area contributed by atoms with Crippen molar-refractivity contribution in [3.05, 3.63) is 30.5 Å². The number of aromatic hydroxyl groups is 1. The number of aliphatic hydroxyl groups is 1. The van der Waals surface area contributed by atoms with Crippen LogP contribution in [0.3, 0.4) is 0 Å². The summed E-state index contributed by atoms with van der Waals surface area (Å²) in [4.78, 5) is 6.60. The second kappa shape index (κ2) is 5.26. The minimum atomic E-state index is -0.194. The lowest BCUT2D eigenvalue weighted by atomic mass is 10.1. The molecule has 5 nitrogen and oxygen atoms in total. The molecule has 0 aliphatic carbocycles. The van der Waals surface area contributed by atoms with Crippen LogP contribution < -0.4 is 4.90 Å². The summed E-state index contributed by atoms with van der Waals surface area (Å²) < 4.78 is 5.56. The van der Waals surface area contributed by atoms with Gasteiger partial charge in [0.25, 0.3) is 0 Å². The van der Waals surface area contributed by atoms with Crippen molar-refractivity contribution in [2.75, 3.05) is 24.7 Å². The van der Waals surface area contributed by atoms with Gasteiger partial charge in [0.15, 0.2) is 0 Å². The summed E-state index contributed by atoms with van der Waals surface area (Å²) in [6.07, 6.45) is 1.57. The number of phenols is 1. The summed E-state index contributed by atoms with van der Waals surface area (Å²) in [6.45, 7) is 3.22. The molecule has 1 aromatic carbocycles. The third-order valence-corrected chi connectivity index (χ3v) is 3.71. The highest BCUT2D eigenvalue weighted by molar-refractivity contribution is 5.93. The summed E-state index contributed by atoms with van der Waals surface area (Å²) >= 11 is 0. The fourth-order valence-corrected chi connectivity index (χ4v) is 2.59. The molecule has 1 saturated heterocycles. The van der Waals surface area contributed by atoms with Gasteiger partial charge < -0.3 is 19.8 Å². The van der Waals surface area contributed by atoms with Crippen LogP contribution in [0.1, 0.15) is 6.92 Å². The first-order valence-electron chi connectivity index (χ1n) is 6.76. The van der Waals surface area contributed by atoms with E-state index in [-0.39, 0.29) is 24.5 Å². The van der Waals surface area contributed by atoms with Crippen molar-refractivity contribution < 1.29 is 14.9 Å². The molecule has 1 aliphatic rings. The molecule has 106 valence electrons. The maximum Gasteiger partial charge on any atom is 0.136 e. The molecular weight excluding hydrogens is 256 g/mol. The van der Waals surface area contributed by atoms with Crippen LogP contribution in [0.25, 0.3) is 10.8 Å². The third kappa shape index (κ3) is 2.30. The van der Waals surface area contributed by atoms with Gasteiger partial charge in [0.05, 0.1) is 25.4 Å². The highest BCUT2D eigenvalue weighted by Gasteiger charge is 2.27. The van der Waals surface area contributed by atoms with E-state index in [1.807, 2.05) is 12.1 Å². The largest absolute Gasteiger partial charge is 0.508 e. The number of anilines is 1. The van der Waals surface area contributed by atoms with Crippen LogP contribution in [-0.4, -0.2) is 47.1 Å². The molecule has 2 unspecified atom stereocenters. The number of rotatable bonds is 2. The summed E-state index contributed by atoms with van der Waals surface area (Å²) in [5.74, 6) is 1.05. The molecule has 2 N–H and O–H groups in total. The van der Waals surface area contributed by atoms with Gasteiger partial charge in [-0.2, -0.15) is 0 Å². The van der Waals surface area contributed by atoms with E-state index < -0.39 is 0 Å². The van der Waals surface area contributed by atoms with Crippen molar-refractivity contribution in [1.82, 2.24) is 4.98 Å². The van der Waals surface area contributed by atoms with Gasteiger partial charge in [-0.3, -0.25) is 0 Å². The summed E-state index contributed by atoms with van der Waals surface area (Å²) in [5.41, 5.74) is 0. The van der Waals surface area contributed by atoms with Crippen LogP contribution in [0.4, 0.5) is 5.82 Å². The minimum absolute atomic E-state index is 0.000758. The molecule has 0 saturated carbocycles. The number of hydrogen-bond acceptors (Lipinski definition) is 5. The quantitative estimate of drug-likeness (QED) is 0.869. The Morgan fingerprint density at radius 1 is 1.40 bits per heavy atom. The molecule has 0 radical (unpaired) electrons. The number of ether oxygens (including phenoxy) is 1. The van der Waals surface area contributed by atoms with Crippen LogP contribution >= 0.6 is 0 Å². The summed E-state index contributed by atoms with van der Waals surface area (Å²) in [6, 6.07) is 7.38. The number of aromatic nitrogens is 1. The fourth-order valence-electron chi connectivity index (χ4n) is 2.59. The normalized spacial score (nSPS) is 23.2. The van der Waals surface area contributed by atoms with E-state index in [0.29, 0.717) is 13.2 Å². The molecule has 1 fully saturated rings. The maximum absolute atomic E-state index is 9.71. The van der Waals surface area contributed by atoms with Gasteiger partial charge in [0.1, 0.15) is 11.6 Å². The number of pyridine rings is 1. The Morgan fingerprint density at radius 3 is 3.05 bits per heavy atom. The van der Waals surface area contributed by atoms with Crippen LogP contribution in [0.2, 0.25) is 0 Å². The Morgan fingerprint density at radius 2 is 2.25 bits per heavy atom. The van der Waals surface area contributed by atoms with Crippen molar-refractivity contribution in [3.8, 4) is 5.75 Å². The van der Waals surface area contributed by atoms with Crippen LogP contribution in [0, 0.1) is 0 Å². The lowest BCUT2D eigenvalue weighted by Crippen LogP contribution is -2.50. The van der Waals surface area contributed by atoms with Gasteiger partial charge >= 0.3 is 0 Å². The number of phenolic OH excluding ortho intramolecular Hbond substituents is 1. The number of fused-ring (bicyclic) bond motifs is 1. The smallest absolute Gasteiger partial charge is 0.136 e. The molecule has 2 atom stereocenters. The number of aliphatic hydroxyl groups excluding tert-OH is 1. The van der Waals surface area contributed by atoms with Gasteiger partial charge in [0.2, 0.25) is 0 Å². The first kappa shape index (κ1) is 13.1. The van der Waals surface area contributed by atoms with E-state index in [9.17, 15) is 10.2 Å². The van der Waals surface area contributed by atoms with Gasteiger partial charge in [-0.1, -0.05) is 6.07 Å². The predicted octanol–water partition coefficient (Wildman–Crippen LogP) is 1.53. The molecule has 2 heterocycles. The van der Waals surface area contributed by atoms with E-state index >= 15 is 0 Å². The Hall–Kier alpha value is -1.85. The van der Waals surface area contributed by atoms with Gasteiger partial charge in [-0.15, -0.1) is 0 Å². The molecule has 2 aromatic rings. The third-order valence-electron chi connectivity index (χ3n) is 3.71. The number of hydrogen-bond donors (Lipinski definition) is 2. The zero-order valence-electron chi connectivity index (χ0n) is 11.4. The van der Waals surface area contributed by atoms with Crippen molar-refractivity contribution in [1.29, 1.82) is 0 Å². The molecule has 20 heavy (non-hydrogen) atoms. The molecule has 0 amide bonds. The average Bonchev–Trinajstić information content (AvgIpc) is 2.47. The van der Waals surface area contributed by atoms with Crippen molar-refractivity contribution >= 4 is 16.6 Å². The van der Waals surface area contributed by atoms with Crippen molar-refractivity contribution in [2.45, 2.75) is 19.1 Å². The van der Waals surface area contributed by atoms with E-state index in [1.165, 1.54) is 0 Å². The molecule has 5 heteroatoms. The number of benzene rings is 1. The second-order valence-electron chi connectivity index (χ2n) is 5.18. The van der Waals surface area contributed by atoms with Gasteiger partial charge in [-0.25, -0.2) is 4.98 Å². The van der Waals surface area contributed by atoms with Gasteiger partial charge in [-0.05, 0) is 30.5 Å². The topological polar surface area (TPSA) is 65.8 Å². The van der Waals surface area contributed by atoms with Crippen LogP contribution in [0.15, 0.2) is 30.5 Å². The first-order valence-corrected chi connectivity index (χ1v) is 6.76. The monoisotopic (exact) mass is 274 g/mol. The molecule has 0 spiro atoms. The Balaban J connectivity index is 2.06. The Bertz CT molecular complexity index is 617. The average molecular weight is 274 g/mol. The maximum atomic E-state index is 9.71. The standard InChI is InChI=1S/C15H18N2O3/c1-10-9-20-13(8-18)7-17(10)15-14-6-12(19)3-2-11(14)4-5-16-15/h2-6,10,13,18-19H,7-9H2,1H3. The molecule has 3 rings (SSSR count). The Labute approximate surface area is 117 Å². The summed E-state index contributed by atoms with van der Waals surface area (Å²) in [5, 5.41) is 20.9. The van der Waals surface area contributed by atoms with Gasteiger partial charge in [0, 0.05) is 18.1 Å². The first-order chi connectivity index (χ1) is 9.69. The van der Waals surface area contributed by atoms with E-state index in [1.54, 1.807) is 18.3 Å². The van der Waals surface area contributed by atoms with Crippen LogP contribution in [0.5, 0.6) is 5.75 Å². The van der Waals surface area contributed by atoms with Crippen molar-refractivity contribution in [3.63, 3.8) is 0 Å². The molecule has 1 aromatic heterocycles. The Kier molecular flexibility index (Phi) is 3.46. The predicted molar refractivity (Wildman–Crippen MR) is 77.0 cm³/mol. The van der Waals surface area contributed by atoms with Crippen molar-refractivity contribution in [2.24, 2.45) is 0 Å². The minimum Gasteiger partial charge on any atom is -0.508 e. The molecular formula is C15H18N2O3. The second-order valence-corrected chi connectivity index (χ2v) is 5.18. The lowest BCUT2D eigenvalue weighted by Gasteiger charge is -2.38. The zero-order chi connectivity index (χ0) is 14.1. The number of nitrogens with zero attached hydrogens (tertiary/aromatic N) is 2. The zero-order valence-corrected chi connectivity index (χ0v) is 11.4. The summed E-state index contributed by atoms with van der Waals surface area (Å²) in [7, 11) is 0. The van der Waals surface area contributed by atoms with E-state index in [2.05, 4.69) is 16.8 Å². The SMILES string of the molecule is CC1COC(CO)CN1c1nccc2ccc(O)cc12. The highest BCUT2D eigenvalue weighted by atomic mass is 16.5. The fraction of sp³-hybridized carbons (Fsp3) is 0.400. The number of morpholine rings is 1. The lowest BCUT2D eigenvalue weighted by molar-refractivity contribution is -0.0104. The van der Waals surface area contributed by atoms with E-state index in [0.717, 1.165) is 16.6 Å².